The number of quaternary nitrogens is 1. The molecule has 8 nitrogen and oxygen atoms in total. The number of phosphoric acid groups is 1. The first-order valence-electron chi connectivity index (χ1n) is 37.8. The Labute approximate surface area is 542 Å². The first-order chi connectivity index (χ1) is 42.5. The summed E-state index contributed by atoms with van der Waals surface area (Å²) in [6.45, 7) is 4.59. The Morgan fingerprint density at radius 2 is 0.701 bits per heavy atom. The van der Waals surface area contributed by atoms with E-state index in [0.717, 1.165) is 70.6 Å². The average Bonchev–Trinajstić information content (AvgIpc) is 3.70. The molecule has 0 spiro atoms. The molecule has 0 radical (unpaired) electrons. The minimum absolute atomic E-state index is 0.000759. The van der Waals surface area contributed by atoms with E-state index in [0.29, 0.717) is 17.4 Å². The van der Waals surface area contributed by atoms with Gasteiger partial charge in [0.15, 0.2) is 0 Å². The SMILES string of the molecule is CC/C=C\C/C=C\C/C=C\C/C=C\C/C=C\CCCCCCCCCCCCCCCCCCCCCC(=O)NC(COP(=O)([O-])OCC[N+](C)(C)C)C(O)/C=C/CCCCCCCCCCCCCCCCCCCCCCCCCCCCCC. The molecule has 0 saturated heterocycles. The number of unbranched alkanes of at least 4 members (excludes halogenated alkanes) is 47. The van der Waals surface area contributed by atoms with E-state index in [1.807, 2.05) is 27.2 Å². The molecular weight excluding hydrogens is 1090 g/mol. The number of carbonyl (C=O) groups is 1. The molecule has 0 aromatic carbocycles. The zero-order valence-corrected chi connectivity index (χ0v) is 59.4. The van der Waals surface area contributed by atoms with Gasteiger partial charge in [-0.3, -0.25) is 9.36 Å². The first-order valence-corrected chi connectivity index (χ1v) is 39.3. The van der Waals surface area contributed by atoms with Gasteiger partial charge in [0, 0.05) is 6.42 Å². The number of hydrogen-bond acceptors (Lipinski definition) is 6. The number of nitrogens with zero attached hydrogens (tertiary/aromatic N) is 1. The number of nitrogens with one attached hydrogen (secondary N) is 1. The van der Waals surface area contributed by atoms with Gasteiger partial charge >= 0.3 is 0 Å². The quantitative estimate of drug-likeness (QED) is 0.0272. The number of likely N-dealkylation sites (N-methyl/N-ethyl adjacent to an activating group) is 1. The van der Waals surface area contributed by atoms with Crippen LogP contribution in [-0.2, 0) is 18.4 Å². The van der Waals surface area contributed by atoms with Crippen molar-refractivity contribution in [2.45, 2.75) is 379 Å². The number of carbonyl (C=O) groups excluding carboxylic acids is 1. The predicted molar refractivity (Wildman–Crippen MR) is 380 cm³/mol. The zero-order valence-electron chi connectivity index (χ0n) is 58.5. The van der Waals surface area contributed by atoms with Crippen LogP contribution < -0.4 is 10.2 Å². The monoisotopic (exact) mass is 1240 g/mol. The largest absolute Gasteiger partial charge is 0.756 e. The Morgan fingerprint density at radius 1 is 0.414 bits per heavy atom. The third kappa shape index (κ3) is 71.2. The molecule has 0 aliphatic rings. The molecular formula is C78H147N2O6P. The molecule has 510 valence electrons. The van der Waals surface area contributed by atoms with Crippen LogP contribution in [0.4, 0.5) is 0 Å². The Hall–Kier alpha value is -2.06. The second kappa shape index (κ2) is 68.3. The van der Waals surface area contributed by atoms with E-state index in [4.69, 9.17) is 9.05 Å². The maximum atomic E-state index is 13.1. The third-order valence-electron chi connectivity index (χ3n) is 17.2. The molecule has 1 amide bonds. The van der Waals surface area contributed by atoms with Gasteiger partial charge in [-0.1, -0.05) is 369 Å². The molecule has 0 saturated carbocycles. The molecule has 0 heterocycles. The number of allylic oxidation sites excluding steroid dienone is 11. The van der Waals surface area contributed by atoms with E-state index >= 15 is 0 Å². The molecule has 0 aromatic heterocycles. The third-order valence-corrected chi connectivity index (χ3v) is 18.1. The van der Waals surface area contributed by atoms with Crippen LogP contribution in [0.1, 0.15) is 367 Å². The van der Waals surface area contributed by atoms with E-state index in [1.165, 1.54) is 276 Å². The molecule has 3 atom stereocenters. The normalized spacial score (nSPS) is 14.0. The highest BCUT2D eigenvalue weighted by Gasteiger charge is 2.23. The number of aliphatic hydroxyl groups excluding tert-OH is 1. The van der Waals surface area contributed by atoms with Gasteiger partial charge in [0.2, 0.25) is 5.91 Å². The number of aliphatic hydroxyl groups is 1. The maximum absolute atomic E-state index is 13.1. The lowest BCUT2D eigenvalue weighted by atomic mass is 10.0. The summed E-state index contributed by atoms with van der Waals surface area (Å²) >= 11 is 0. The number of hydrogen-bond donors (Lipinski definition) is 2. The van der Waals surface area contributed by atoms with Gasteiger partial charge in [-0.2, -0.15) is 0 Å². The van der Waals surface area contributed by atoms with E-state index in [-0.39, 0.29) is 19.1 Å². The average molecular weight is 1240 g/mol. The summed E-state index contributed by atoms with van der Waals surface area (Å²) in [6.07, 6.45) is 96.2. The lowest BCUT2D eigenvalue weighted by Crippen LogP contribution is -2.45. The van der Waals surface area contributed by atoms with Crippen molar-refractivity contribution in [3.63, 3.8) is 0 Å². The number of phosphoric ester groups is 1. The van der Waals surface area contributed by atoms with Crippen molar-refractivity contribution in [3.8, 4) is 0 Å². The van der Waals surface area contributed by atoms with E-state index in [2.05, 4.69) is 79.9 Å². The summed E-state index contributed by atoms with van der Waals surface area (Å²) in [7, 11) is 1.27. The second-order valence-corrected chi connectivity index (χ2v) is 28.4. The Bertz CT molecular complexity index is 1650. The fraction of sp³-hybridized carbons (Fsp3) is 0.833. The molecule has 0 aliphatic heterocycles. The van der Waals surface area contributed by atoms with E-state index in [9.17, 15) is 19.4 Å². The van der Waals surface area contributed by atoms with E-state index in [1.54, 1.807) is 6.08 Å². The molecule has 2 N–H and O–H groups in total. The van der Waals surface area contributed by atoms with Gasteiger partial charge in [-0.15, -0.1) is 0 Å². The zero-order chi connectivity index (χ0) is 63.4. The first kappa shape index (κ1) is 84.9. The topological polar surface area (TPSA) is 108 Å². The smallest absolute Gasteiger partial charge is 0.268 e. The molecule has 87 heavy (non-hydrogen) atoms. The van der Waals surface area contributed by atoms with Crippen LogP contribution in [0.2, 0.25) is 0 Å². The number of rotatable bonds is 70. The van der Waals surface area contributed by atoms with Crippen LogP contribution in [0, 0.1) is 0 Å². The lowest BCUT2D eigenvalue weighted by Gasteiger charge is -2.29. The van der Waals surface area contributed by atoms with Crippen LogP contribution in [0.3, 0.4) is 0 Å². The number of amides is 1. The second-order valence-electron chi connectivity index (χ2n) is 27.0. The van der Waals surface area contributed by atoms with Crippen molar-refractivity contribution in [1.82, 2.24) is 5.32 Å². The van der Waals surface area contributed by atoms with Crippen molar-refractivity contribution in [3.05, 3.63) is 72.9 Å². The minimum Gasteiger partial charge on any atom is -0.756 e. The fourth-order valence-corrected chi connectivity index (χ4v) is 12.1. The van der Waals surface area contributed by atoms with Crippen LogP contribution in [0.25, 0.3) is 0 Å². The van der Waals surface area contributed by atoms with Crippen molar-refractivity contribution in [2.24, 2.45) is 0 Å². The summed E-state index contributed by atoms with van der Waals surface area (Å²) in [6, 6.07) is -0.890. The van der Waals surface area contributed by atoms with Gasteiger partial charge in [0.05, 0.1) is 39.9 Å². The Kier molecular flexibility index (Phi) is 66.7. The van der Waals surface area contributed by atoms with Gasteiger partial charge < -0.3 is 28.8 Å². The van der Waals surface area contributed by atoms with Crippen LogP contribution in [0.15, 0.2) is 72.9 Å². The highest BCUT2D eigenvalue weighted by Crippen LogP contribution is 2.38. The summed E-state index contributed by atoms with van der Waals surface area (Å²) < 4.78 is 23.5. The Morgan fingerprint density at radius 3 is 1.02 bits per heavy atom. The van der Waals surface area contributed by atoms with Gasteiger partial charge in [0.25, 0.3) is 7.82 Å². The highest BCUT2D eigenvalue weighted by molar-refractivity contribution is 7.45. The molecule has 0 fully saturated rings. The Balaban J connectivity index is 4.00. The van der Waals surface area contributed by atoms with Crippen molar-refractivity contribution in [1.29, 1.82) is 0 Å². The minimum atomic E-state index is -4.61. The van der Waals surface area contributed by atoms with Crippen molar-refractivity contribution in [2.75, 3.05) is 40.9 Å². The van der Waals surface area contributed by atoms with Crippen molar-refractivity contribution < 1.29 is 32.9 Å². The standard InChI is InChI=1S/C78H147N2O6P/c1-6-8-10-12-14-16-18-20-22-24-26-28-30-32-34-36-38-39-40-41-42-44-46-48-50-52-54-56-58-60-62-64-66-68-70-72-78(82)79-76(75-86-87(83,84)85-74-73-80(3,4)5)77(81)71-69-67-65-63-61-59-57-55-53-51-49-47-45-43-37-35-33-31-29-27-25-23-21-19-17-15-13-11-9-7-2/h8,10,14,16,20,22,26,28,32,34,69,71,76-77,81H,6-7,9,11-13,15,17-19,21,23-25,27,29-31,33,35-68,70,72-75H2,1-5H3,(H-,79,82,83,84)/b10-8-,16-14-,22-20-,28-26-,34-32-,71-69+. The molecule has 3 unspecified atom stereocenters. The summed E-state index contributed by atoms with van der Waals surface area (Å²) in [4.78, 5) is 25.7. The highest BCUT2D eigenvalue weighted by atomic mass is 31.2. The van der Waals surface area contributed by atoms with Gasteiger partial charge in [-0.05, 0) is 64.2 Å². The van der Waals surface area contributed by atoms with Crippen LogP contribution in [0.5, 0.6) is 0 Å². The summed E-state index contributed by atoms with van der Waals surface area (Å²) in [5.74, 6) is -0.192. The summed E-state index contributed by atoms with van der Waals surface area (Å²) in [5, 5.41) is 14.0. The maximum Gasteiger partial charge on any atom is 0.268 e. The predicted octanol–water partition coefficient (Wildman–Crippen LogP) is 23.9. The van der Waals surface area contributed by atoms with E-state index < -0.39 is 20.0 Å². The molecule has 0 rings (SSSR count). The lowest BCUT2D eigenvalue weighted by molar-refractivity contribution is -0.870. The molecule has 0 aromatic rings. The van der Waals surface area contributed by atoms with Crippen LogP contribution >= 0.6 is 7.82 Å². The summed E-state index contributed by atoms with van der Waals surface area (Å²) in [5.41, 5.74) is 0. The van der Waals surface area contributed by atoms with Crippen LogP contribution in [-0.4, -0.2) is 68.5 Å². The molecule has 9 heteroatoms. The molecule has 0 bridgehead atoms. The van der Waals surface area contributed by atoms with Gasteiger partial charge in [0.1, 0.15) is 13.2 Å². The fourth-order valence-electron chi connectivity index (χ4n) is 11.4. The molecule has 0 aliphatic carbocycles. The van der Waals surface area contributed by atoms with Gasteiger partial charge in [-0.25, -0.2) is 0 Å². The van der Waals surface area contributed by atoms with Crippen molar-refractivity contribution >= 4 is 13.7 Å².